The predicted molar refractivity (Wildman–Crippen MR) is 59.8 cm³/mol. The number of hydrogen-bond acceptors (Lipinski definition) is 3. The summed E-state index contributed by atoms with van der Waals surface area (Å²) in [5.74, 6) is 1.16. The van der Waals surface area contributed by atoms with Crippen LogP contribution in [0, 0.1) is 0 Å². The third-order valence-corrected chi connectivity index (χ3v) is 2.44. The van der Waals surface area contributed by atoms with Crippen LogP contribution in [0.2, 0.25) is 0 Å². The van der Waals surface area contributed by atoms with Crippen molar-refractivity contribution in [1.82, 2.24) is 14.5 Å². The molecule has 0 unspecified atom stereocenters. The van der Waals surface area contributed by atoms with Gasteiger partial charge in [0.25, 0.3) is 0 Å². The van der Waals surface area contributed by atoms with E-state index in [1.54, 1.807) is 12.4 Å². The summed E-state index contributed by atoms with van der Waals surface area (Å²) in [4.78, 5) is 7.79. The van der Waals surface area contributed by atoms with Crippen LogP contribution < -0.4 is 5.32 Å². The highest BCUT2D eigenvalue weighted by Crippen LogP contribution is 2.28. The molecule has 18 heavy (non-hydrogen) atoms. The highest BCUT2D eigenvalue weighted by molar-refractivity contribution is 5.36. The van der Waals surface area contributed by atoms with Crippen molar-refractivity contribution >= 4 is 5.82 Å². The lowest BCUT2D eigenvalue weighted by Crippen LogP contribution is -2.09. The van der Waals surface area contributed by atoms with Gasteiger partial charge in [-0.1, -0.05) is 0 Å². The number of hydrogen-bond donors (Lipinski definition) is 1. The molecular weight excluding hydrogens is 245 g/mol. The van der Waals surface area contributed by atoms with Crippen LogP contribution in [0.1, 0.15) is 11.4 Å². The minimum absolute atomic E-state index is 0.381. The first-order chi connectivity index (χ1) is 8.47. The summed E-state index contributed by atoms with van der Waals surface area (Å²) in [6, 6.07) is 2.29. The number of imidazole rings is 1. The summed E-state index contributed by atoms with van der Waals surface area (Å²) in [6.07, 6.45) is -0.111. The molecule has 0 aliphatic heterocycles. The number of aromatic nitrogens is 3. The normalized spacial score (nSPS) is 11.6. The topological polar surface area (TPSA) is 42.7 Å². The molecule has 0 amide bonds. The van der Waals surface area contributed by atoms with Crippen LogP contribution in [-0.2, 0) is 19.8 Å². The van der Waals surface area contributed by atoms with Gasteiger partial charge < -0.3 is 9.88 Å². The Hall–Kier alpha value is -2.05. The van der Waals surface area contributed by atoms with Crippen molar-refractivity contribution in [3.05, 3.63) is 42.1 Å². The fraction of sp³-hybridized carbons (Fsp3) is 0.273. The van der Waals surface area contributed by atoms with Gasteiger partial charge in [0.2, 0.25) is 0 Å². The largest absolute Gasteiger partial charge is 0.417 e. The summed E-state index contributed by atoms with van der Waals surface area (Å²) in [5.41, 5.74) is -0.759. The second kappa shape index (κ2) is 4.67. The van der Waals surface area contributed by atoms with Gasteiger partial charge in [-0.3, -0.25) is 0 Å². The molecule has 0 saturated carbocycles. The van der Waals surface area contributed by atoms with E-state index < -0.39 is 11.7 Å². The molecule has 2 aromatic rings. The fourth-order valence-corrected chi connectivity index (χ4v) is 1.40. The van der Waals surface area contributed by atoms with Crippen LogP contribution in [-0.4, -0.2) is 14.5 Å². The maximum Gasteiger partial charge on any atom is 0.417 e. The highest BCUT2D eigenvalue weighted by atomic mass is 19.4. The van der Waals surface area contributed by atoms with Crippen LogP contribution in [0.4, 0.5) is 19.0 Å². The molecule has 0 spiro atoms. The number of pyridine rings is 1. The first-order valence-electron chi connectivity index (χ1n) is 5.20. The molecule has 0 saturated heterocycles. The van der Waals surface area contributed by atoms with Crippen molar-refractivity contribution in [3.8, 4) is 0 Å². The monoisotopic (exact) mass is 256 g/mol. The number of anilines is 1. The predicted octanol–water partition coefficient (Wildman–Crippen LogP) is 2.45. The first kappa shape index (κ1) is 12.4. The van der Waals surface area contributed by atoms with Gasteiger partial charge in [-0.2, -0.15) is 13.2 Å². The third-order valence-electron chi connectivity index (χ3n) is 2.44. The molecule has 0 fully saturated rings. The van der Waals surface area contributed by atoms with Gasteiger partial charge in [-0.05, 0) is 12.1 Å². The summed E-state index contributed by atoms with van der Waals surface area (Å²) in [5, 5.41) is 2.90. The molecule has 1 N–H and O–H groups in total. The molecule has 2 heterocycles. The van der Waals surface area contributed by atoms with E-state index in [2.05, 4.69) is 15.3 Å². The average Bonchev–Trinajstić information content (AvgIpc) is 2.72. The molecule has 2 aromatic heterocycles. The number of nitrogens with one attached hydrogen (secondary N) is 1. The Balaban J connectivity index is 2.01. The molecule has 0 aliphatic rings. The maximum absolute atomic E-state index is 12.3. The quantitative estimate of drug-likeness (QED) is 0.917. The Bertz CT molecular complexity index is 516. The Morgan fingerprint density at radius 3 is 2.56 bits per heavy atom. The molecular formula is C11H11F3N4. The molecule has 0 bridgehead atoms. The van der Waals surface area contributed by atoms with E-state index in [1.165, 1.54) is 6.07 Å². The molecule has 2 rings (SSSR count). The van der Waals surface area contributed by atoms with Crippen molar-refractivity contribution < 1.29 is 13.2 Å². The van der Waals surface area contributed by atoms with Crippen molar-refractivity contribution in [1.29, 1.82) is 0 Å². The Kier molecular flexibility index (Phi) is 3.22. The zero-order chi connectivity index (χ0) is 13.2. The Morgan fingerprint density at radius 2 is 2.06 bits per heavy atom. The Labute approximate surface area is 101 Å². The van der Waals surface area contributed by atoms with E-state index in [4.69, 9.17) is 0 Å². The first-order valence-corrected chi connectivity index (χ1v) is 5.20. The van der Waals surface area contributed by atoms with Crippen molar-refractivity contribution in [2.45, 2.75) is 12.7 Å². The minimum Gasteiger partial charge on any atom is -0.363 e. The zero-order valence-corrected chi connectivity index (χ0v) is 9.57. The van der Waals surface area contributed by atoms with Crippen LogP contribution >= 0.6 is 0 Å². The molecule has 7 heteroatoms. The lowest BCUT2D eigenvalue weighted by atomic mass is 10.3. The van der Waals surface area contributed by atoms with Crippen LogP contribution in [0.15, 0.2) is 30.7 Å². The van der Waals surface area contributed by atoms with Gasteiger partial charge in [0.15, 0.2) is 0 Å². The van der Waals surface area contributed by atoms with E-state index in [0.29, 0.717) is 12.4 Å². The standard InChI is InChI=1S/C11H11F3N4/c1-18-5-4-15-10(18)7-17-9-3-2-8(6-16-9)11(12,13)14/h2-6H,7H2,1H3,(H,16,17). The molecule has 0 aliphatic carbocycles. The van der Waals surface area contributed by atoms with Gasteiger partial charge in [-0.15, -0.1) is 0 Å². The number of aryl methyl sites for hydroxylation is 1. The smallest absolute Gasteiger partial charge is 0.363 e. The molecule has 96 valence electrons. The van der Waals surface area contributed by atoms with Crippen molar-refractivity contribution in [2.75, 3.05) is 5.32 Å². The zero-order valence-electron chi connectivity index (χ0n) is 9.57. The summed E-state index contributed by atoms with van der Waals surface area (Å²) in [6.45, 7) is 0.405. The number of alkyl halides is 3. The van der Waals surface area contributed by atoms with Gasteiger partial charge in [0.05, 0.1) is 12.1 Å². The summed E-state index contributed by atoms with van der Waals surface area (Å²) in [7, 11) is 1.84. The van der Waals surface area contributed by atoms with Gasteiger partial charge in [0, 0.05) is 25.6 Å². The summed E-state index contributed by atoms with van der Waals surface area (Å²) >= 11 is 0. The average molecular weight is 256 g/mol. The lowest BCUT2D eigenvalue weighted by molar-refractivity contribution is -0.137. The van der Waals surface area contributed by atoms with E-state index >= 15 is 0 Å². The molecule has 0 atom stereocenters. The molecule has 0 radical (unpaired) electrons. The number of halogens is 3. The third kappa shape index (κ3) is 2.79. The lowest BCUT2D eigenvalue weighted by Gasteiger charge is -2.08. The number of nitrogens with zero attached hydrogens (tertiary/aromatic N) is 3. The van der Waals surface area contributed by atoms with Gasteiger partial charge in [-0.25, -0.2) is 9.97 Å². The van der Waals surface area contributed by atoms with E-state index in [9.17, 15) is 13.2 Å². The minimum atomic E-state index is -4.36. The Morgan fingerprint density at radius 1 is 1.28 bits per heavy atom. The molecule has 0 aromatic carbocycles. The van der Waals surface area contributed by atoms with Crippen LogP contribution in [0.3, 0.4) is 0 Å². The van der Waals surface area contributed by atoms with Crippen molar-refractivity contribution in [2.24, 2.45) is 7.05 Å². The second-order valence-electron chi connectivity index (χ2n) is 3.74. The maximum atomic E-state index is 12.3. The molecule has 4 nitrogen and oxygen atoms in total. The van der Waals surface area contributed by atoms with E-state index in [-0.39, 0.29) is 0 Å². The van der Waals surface area contributed by atoms with E-state index in [0.717, 1.165) is 18.1 Å². The second-order valence-corrected chi connectivity index (χ2v) is 3.74. The highest BCUT2D eigenvalue weighted by Gasteiger charge is 2.30. The number of rotatable bonds is 3. The van der Waals surface area contributed by atoms with Crippen LogP contribution in [0.25, 0.3) is 0 Å². The SMILES string of the molecule is Cn1ccnc1CNc1ccc(C(F)(F)F)cn1. The van der Waals surface area contributed by atoms with E-state index in [1.807, 2.05) is 11.6 Å². The van der Waals surface area contributed by atoms with Gasteiger partial charge in [0.1, 0.15) is 11.6 Å². The fourth-order valence-electron chi connectivity index (χ4n) is 1.40. The van der Waals surface area contributed by atoms with Gasteiger partial charge >= 0.3 is 6.18 Å². The summed E-state index contributed by atoms with van der Waals surface area (Å²) < 4.78 is 38.7. The van der Waals surface area contributed by atoms with Crippen LogP contribution in [0.5, 0.6) is 0 Å². The van der Waals surface area contributed by atoms with Crippen molar-refractivity contribution in [3.63, 3.8) is 0 Å².